The summed E-state index contributed by atoms with van der Waals surface area (Å²) in [5, 5.41) is 3.45. The Labute approximate surface area is 92.9 Å². The number of aryl methyl sites for hydroxylation is 1. The Morgan fingerprint density at radius 3 is 2.47 bits per heavy atom. The molecule has 1 N–H and O–H groups in total. The SMILES string of the molecule is CC#CCC(NCC)c1ccc(C)cc1. The maximum atomic E-state index is 3.45. The van der Waals surface area contributed by atoms with Gasteiger partial charge in [-0.25, -0.2) is 0 Å². The molecule has 0 spiro atoms. The van der Waals surface area contributed by atoms with Crippen molar-refractivity contribution in [1.82, 2.24) is 5.32 Å². The summed E-state index contributed by atoms with van der Waals surface area (Å²) in [6.45, 7) is 7.10. The van der Waals surface area contributed by atoms with Gasteiger partial charge in [-0.05, 0) is 26.0 Å². The lowest BCUT2D eigenvalue weighted by Gasteiger charge is -2.15. The Kier molecular flexibility index (Phi) is 4.93. The van der Waals surface area contributed by atoms with Gasteiger partial charge in [0.05, 0.1) is 0 Å². The molecule has 0 bridgehead atoms. The Balaban J connectivity index is 2.76. The van der Waals surface area contributed by atoms with Crippen LogP contribution in [0.3, 0.4) is 0 Å². The molecule has 0 aliphatic rings. The van der Waals surface area contributed by atoms with Gasteiger partial charge < -0.3 is 5.32 Å². The summed E-state index contributed by atoms with van der Waals surface area (Å²) in [6.07, 6.45) is 0.882. The van der Waals surface area contributed by atoms with Gasteiger partial charge in [-0.3, -0.25) is 0 Å². The predicted molar refractivity (Wildman–Crippen MR) is 65.7 cm³/mol. The fourth-order valence-electron chi connectivity index (χ4n) is 1.56. The van der Waals surface area contributed by atoms with E-state index >= 15 is 0 Å². The number of rotatable bonds is 4. The standard InChI is InChI=1S/C14H19N/c1-4-6-7-14(15-5-2)13-10-8-12(3)9-11-13/h8-11,14-15H,5,7H2,1-3H3. The van der Waals surface area contributed by atoms with Crippen molar-refractivity contribution in [3.8, 4) is 11.8 Å². The van der Waals surface area contributed by atoms with E-state index in [1.165, 1.54) is 11.1 Å². The maximum absolute atomic E-state index is 3.45. The number of benzene rings is 1. The van der Waals surface area contributed by atoms with Gasteiger partial charge in [0, 0.05) is 12.5 Å². The number of hydrogen-bond acceptors (Lipinski definition) is 1. The second-order valence-corrected chi connectivity index (χ2v) is 3.65. The van der Waals surface area contributed by atoms with Crippen LogP contribution in [0.15, 0.2) is 24.3 Å². The highest BCUT2D eigenvalue weighted by Gasteiger charge is 2.07. The third-order valence-electron chi connectivity index (χ3n) is 2.41. The Bertz CT molecular complexity index is 340. The lowest BCUT2D eigenvalue weighted by Crippen LogP contribution is -2.20. The third-order valence-corrected chi connectivity index (χ3v) is 2.41. The van der Waals surface area contributed by atoms with E-state index in [1.54, 1.807) is 0 Å². The maximum Gasteiger partial charge on any atom is 0.0430 e. The minimum absolute atomic E-state index is 0.364. The van der Waals surface area contributed by atoms with E-state index < -0.39 is 0 Å². The highest BCUT2D eigenvalue weighted by molar-refractivity contribution is 5.25. The second kappa shape index (κ2) is 6.27. The van der Waals surface area contributed by atoms with Crippen molar-refractivity contribution in [2.45, 2.75) is 33.2 Å². The predicted octanol–water partition coefficient (Wildman–Crippen LogP) is 3.06. The summed E-state index contributed by atoms with van der Waals surface area (Å²) in [4.78, 5) is 0. The largest absolute Gasteiger partial charge is 0.309 e. The van der Waals surface area contributed by atoms with Gasteiger partial charge >= 0.3 is 0 Å². The van der Waals surface area contributed by atoms with Crippen molar-refractivity contribution < 1.29 is 0 Å². The van der Waals surface area contributed by atoms with Gasteiger partial charge in [-0.1, -0.05) is 36.8 Å². The molecule has 0 aliphatic carbocycles. The lowest BCUT2D eigenvalue weighted by molar-refractivity contribution is 0.565. The van der Waals surface area contributed by atoms with E-state index in [9.17, 15) is 0 Å². The highest BCUT2D eigenvalue weighted by atomic mass is 14.9. The van der Waals surface area contributed by atoms with Gasteiger partial charge in [-0.2, -0.15) is 0 Å². The first kappa shape index (κ1) is 11.8. The summed E-state index contributed by atoms with van der Waals surface area (Å²) in [5.74, 6) is 6.08. The molecule has 0 saturated heterocycles. The minimum Gasteiger partial charge on any atom is -0.309 e. The van der Waals surface area contributed by atoms with Gasteiger partial charge in [0.1, 0.15) is 0 Å². The molecule has 0 saturated carbocycles. The van der Waals surface area contributed by atoms with Crippen LogP contribution in [0.1, 0.15) is 37.4 Å². The summed E-state index contributed by atoms with van der Waals surface area (Å²) in [5.41, 5.74) is 2.63. The van der Waals surface area contributed by atoms with Gasteiger partial charge in [0.15, 0.2) is 0 Å². The summed E-state index contributed by atoms with van der Waals surface area (Å²) < 4.78 is 0. The molecule has 0 radical (unpaired) electrons. The van der Waals surface area contributed by atoms with E-state index in [2.05, 4.69) is 55.3 Å². The molecular formula is C14H19N. The van der Waals surface area contributed by atoms with Gasteiger partial charge in [0.2, 0.25) is 0 Å². The van der Waals surface area contributed by atoms with E-state index in [0.29, 0.717) is 6.04 Å². The summed E-state index contributed by atoms with van der Waals surface area (Å²) in [7, 11) is 0. The van der Waals surface area contributed by atoms with Crippen LogP contribution in [0, 0.1) is 18.8 Å². The van der Waals surface area contributed by atoms with E-state index in [0.717, 1.165) is 13.0 Å². The normalized spacial score (nSPS) is 11.7. The molecule has 0 heterocycles. The van der Waals surface area contributed by atoms with Crippen molar-refractivity contribution in [2.75, 3.05) is 6.54 Å². The molecule has 0 amide bonds. The van der Waals surface area contributed by atoms with Crippen molar-refractivity contribution in [3.63, 3.8) is 0 Å². The van der Waals surface area contributed by atoms with Gasteiger partial charge in [-0.15, -0.1) is 11.8 Å². The zero-order valence-electron chi connectivity index (χ0n) is 9.80. The van der Waals surface area contributed by atoms with Crippen LogP contribution in [-0.4, -0.2) is 6.54 Å². The fraction of sp³-hybridized carbons (Fsp3) is 0.429. The molecule has 0 aromatic heterocycles. The molecule has 1 aromatic rings. The minimum atomic E-state index is 0.364. The van der Waals surface area contributed by atoms with Crippen LogP contribution in [0.5, 0.6) is 0 Å². The van der Waals surface area contributed by atoms with Gasteiger partial charge in [0.25, 0.3) is 0 Å². The van der Waals surface area contributed by atoms with E-state index in [1.807, 2.05) is 6.92 Å². The molecule has 1 unspecified atom stereocenters. The topological polar surface area (TPSA) is 12.0 Å². The molecule has 1 nitrogen and oxygen atoms in total. The Morgan fingerprint density at radius 1 is 1.27 bits per heavy atom. The Hall–Kier alpha value is -1.26. The van der Waals surface area contributed by atoms with Crippen LogP contribution in [0.2, 0.25) is 0 Å². The highest BCUT2D eigenvalue weighted by Crippen LogP contribution is 2.16. The molecule has 1 heteroatoms. The lowest BCUT2D eigenvalue weighted by atomic mass is 10.0. The third kappa shape index (κ3) is 3.77. The molecule has 1 rings (SSSR count). The van der Waals surface area contributed by atoms with E-state index in [4.69, 9.17) is 0 Å². The van der Waals surface area contributed by atoms with Crippen molar-refractivity contribution in [2.24, 2.45) is 0 Å². The first-order chi connectivity index (χ1) is 7.27. The second-order valence-electron chi connectivity index (χ2n) is 3.65. The smallest absolute Gasteiger partial charge is 0.0430 e. The fourth-order valence-corrected chi connectivity index (χ4v) is 1.56. The summed E-state index contributed by atoms with van der Waals surface area (Å²) >= 11 is 0. The first-order valence-electron chi connectivity index (χ1n) is 5.47. The van der Waals surface area contributed by atoms with Crippen molar-refractivity contribution in [3.05, 3.63) is 35.4 Å². The van der Waals surface area contributed by atoms with Crippen LogP contribution < -0.4 is 5.32 Å². The summed E-state index contributed by atoms with van der Waals surface area (Å²) in [6, 6.07) is 9.03. The first-order valence-corrected chi connectivity index (χ1v) is 5.47. The quantitative estimate of drug-likeness (QED) is 0.738. The number of nitrogens with one attached hydrogen (secondary N) is 1. The average Bonchev–Trinajstić information content (AvgIpc) is 2.25. The van der Waals surface area contributed by atoms with E-state index in [-0.39, 0.29) is 0 Å². The zero-order chi connectivity index (χ0) is 11.1. The monoisotopic (exact) mass is 201 g/mol. The van der Waals surface area contributed by atoms with Crippen LogP contribution >= 0.6 is 0 Å². The molecule has 15 heavy (non-hydrogen) atoms. The molecule has 0 aliphatic heterocycles. The molecule has 1 atom stereocenters. The molecular weight excluding hydrogens is 182 g/mol. The Morgan fingerprint density at radius 2 is 1.93 bits per heavy atom. The number of hydrogen-bond donors (Lipinski definition) is 1. The van der Waals surface area contributed by atoms with Crippen LogP contribution in [-0.2, 0) is 0 Å². The zero-order valence-corrected chi connectivity index (χ0v) is 9.80. The average molecular weight is 201 g/mol. The van der Waals surface area contributed by atoms with Crippen LogP contribution in [0.4, 0.5) is 0 Å². The van der Waals surface area contributed by atoms with Crippen molar-refractivity contribution in [1.29, 1.82) is 0 Å². The molecule has 0 fully saturated rings. The molecule has 1 aromatic carbocycles. The van der Waals surface area contributed by atoms with Crippen molar-refractivity contribution >= 4 is 0 Å². The molecule has 80 valence electrons. The van der Waals surface area contributed by atoms with Crippen LogP contribution in [0.25, 0.3) is 0 Å².